The largest absolute Gasteiger partial charge is 0.505 e. The number of benzene rings is 1. The molecular weight excluding hydrogens is 260 g/mol. The van der Waals surface area contributed by atoms with E-state index in [0.717, 1.165) is 5.56 Å². The molecule has 0 aliphatic heterocycles. The van der Waals surface area contributed by atoms with Crippen LogP contribution in [0.4, 0.5) is 4.79 Å². The average Bonchev–Trinajstić information content (AvgIpc) is 2.36. The topological polar surface area (TPSA) is 72.8 Å². The Labute approximate surface area is 109 Å². The molecule has 0 radical (unpaired) electrons. The molecule has 6 heteroatoms. The summed E-state index contributed by atoms with van der Waals surface area (Å²) in [6, 6.07) is 9.08. The van der Waals surface area contributed by atoms with Crippen LogP contribution in [0.15, 0.2) is 30.3 Å². The first-order valence-corrected chi connectivity index (χ1v) is 5.83. The molecule has 0 heterocycles. The number of alkyl halides is 1. The lowest BCUT2D eigenvalue weighted by Crippen LogP contribution is -2.15. The zero-order valence-electron chi connectivity index (χ0n) is 9.54. The van der Waals surface area contributed by atoms with Crippen molar-refractivity contribution in [1.82, 2.24) is 0 Å². The Balaban J connectivity index is 2.44. The van der Waals surface area contributed by atoms with Gasteiger partial charge in [0.05, 0.1) is 12.3 Å². The maximum Gasteiger partial charge on any atom is 0.505 e. The van der Waals surface area contributed by atoms with Gasteiger partial charge >= 0.3 is 12.1 Å². The van der Waals surface area contributed by atoms with Gasteiger partial charge in [-0.05, 0) is 5.56 Å². The first kappa shape index (κ1) is 14.3. The van der Waals surface area contributed by atoms with Gasteiger partial charge in [0.2, 0.25) is 0 Å². The molecule has 1 aromatic rings. The lowest BCUT2D eigenvalue weighted by Gasteiger charge is -2.15. The van der Waals surface area contributed by atoms with Crippen LogP contribution in [0.3, 0.4) is 0 Å². The third kappa shape index (κ3) is 5.05. The van der Waals surface area contributed by atoms with Crippen LogP contribution in [0.5, 0.6) is 0 Å². The van der Waals surface area contributed by atoms with Crippen LogP contribution >= 0.6 is 11.6 Å². The molecule has 98 valence electrons. The summed E-state index contributed by atoms with van der Waals surface area (Å²) < 4.78 is 9.34. The highest BCUT2D eigenvalue weighted by Crippen LogP contribution is 2.19. The van der Waals surface area contributed by atoms with Gasteiger partial charge < -0.3 is 14.6 Å². The highest BCUT2D eigenvalue weighted by Gasteiger charge is 2.15. The summed E-state index contributed by atoms with van der Waals surface area (Å²) in [4.78, 5) is 21.5. The fourth-order valence-corrected chi connectivity index (χ4v) is 1.54. The van der Waals surface area contributed by atoms with E-state index in [0.29, 0.717) is 0 Å². The summed E-state index contributed by atoms with van der Waals surface area (Å²) in [5.41, 5.74) is 0.792. The van der Waals surface area contributed by atoms with Gasteiger partial charge in [0, 0.05) is 0 Å². The molecular formula is C12H13ClO5. The minimum atomic E-state index is -1.42. The van der Waals surface area contributed by atoms with Gasteiger partial charge in [-0.15, -0.1) is 11.6 Å². The monoisotopic (exact) mass is 272 g/mol. The summed E-state index contributed by atoms with van der Waals surface area (Å²) in [5, 5.41) is 8.24. The molecule has 0 spiro atoms. The third-order valence-corrected chi connectivity index (χ3v) is 2.40. The quantitative estimate of drug-likeness (QED) is 0.636. The highest BCUT2D eigenvalue weighted by atomic mass is 35.5. The van der Waals surface area contributed by atoms with Gasteiger partial charge in [-0.25, -0.2) is 4.79 Å². The van der Waals surface area contributed by atoms with Crippen LogP contribution in [0.2, 0.25) is 0 Å². The first-order valence-electron chi connectivity index (χ1n) is 5.29. The molecule has 1 rings (SSSR count). The molecule has 18 heavy (non-hydrogen) atoms. The van der Waals surface area contributed by atoms with E-state index in [1.54, 1.807) is 12.1 Å². The second-order valence-electron chi connectivity index (χ2n) is 3.41. The molecule has 0 aromatic heterocycles. The third-order valence-electron chi connectivity index (χ3n) is 2.12. The number of rotatable bonds is 6. The lowest BCUT2D eigenvalue weighted by molar-refractivity contribution is -0.149. The predicted octanol–water partition coefficient (Wildman–Crippen LogP) is 2.59. The van der Waals surface area contributed by atoms with Crippen molar-refractivity contribution in [1.29, 1.82) is 0 Å². The van der Waals surface area contributed by atoms with Crippen molar-refractivity contribution in [2.75, 3.05) is 12.5 Å². The predicted molar refractivity (Wildman–Crippen MR) is 64.6 cm³/mol. The van der Waals surface area contributed by atoms with Crippen molar-refractivity contribution in [3.05, 3.63) is 35.9 Å². The molecule has 0 amide bonds. The van der Waals surface area contributed by atoms with Crippen LogP contribution < -0.4 is 0 Å². The number of carbonyl (C=O) groups excluding carboxylic acids is 1. The Morgan fingerprint density at radius 3 is 2.50 bits per heavy atom. The highest BCUT2D eigenvalue weighted by molar-refractivity contribution is 6.18. The fourth-order valence-electron chi connectivity index (χ4n) is 1.30. The zero-order chi connectivity index (χ0) is 13.4. The smallest absolute Gasteiger partial charge is 0.456 e. The maximum atomic E-state index is 11.4. The van der Waals surface area contributed by atoms with Crippen LogP contribution in [-0.2, 0) is 14.3 Å². The molecule has 0 aliphatic carbocycles. The molecule has 1 N–H and O–H groups in total. The Kier molecular flexibility index (Phi) is 6.00. The average molecular weight is 273 g/mol. The summed E-state index contributed by atoms with van der Waals surface area (Å²) in [7, 11) is 0. The van der Waals surface area contributed by atoms with Crippen molar-refractivity contribution in [3.8, 4) is 0 Å². The van der Waals surface area contributed by atoms with Gasteiger partial charge in [0.1, 0.15) is 12.7 Å². The summed E-state index contributed by atoms with van der Waals surface area (Å²) in [6.07, 6.45) is -2.09. The van der Waals surface area contributed by atoms with Gasteiger partial charge in [0.15, 0.2) is 0 Å². The zero-order valence-corrected chi connectivity index (χ0v) is 10.3. The van der Waals surface area contributed by atoms with E-state index in [4.69, 9.17) is 21.4 Å². The van der Waals surface area contributed by atoms with E-state index in [9.17, 15) is 9.59 Å². The lowest BCUT2D eigenvalue weighted by atomic mass is 10.1. The number of carbonyl (C=O) groups is 2. The number of halogens is 1. The molecule has 1 aromatic carbocycles. The van der Waals surface area contributed by atoms with Crippen molar-refractivity contribution in [2.45, 2.75) is 12.5 Å². The molecule has 5 nitrogen and oxygen atoms in total. The second-order valence-corrected chi connectivity index (χ2v) is 3.72. The minimum absolute atomic E-state index is 0.132. The fraction of sp³-hybridized carbons (Fsp3) is 0.333. The van der Waals surface area contributed by atoms with E-state index in [2.05, 4.69) is 4.74 Å². The SMILES string of the molecule is O=C(O)OCCC(=O)OC(CCl)c1ccccc1. The Morgan fingerprint density at radius 2 is 1.94 bits per heavy atom. The summed E-state index contributed by atoms with van der Waals surface area (Å²) in [5.74, 6) is -0.416. The summed E-state index contributed by atoms with van der Waals surface area (Å²) in [6.45, 7) is -0.224. The van der Waals surface area contributed by atoms with E-state index in [1.165, 1.54) is 0 Å². The normalized spacial score (nSPS) is 11.6. The van der Waals surface area contributed by atoms with Gasteiger partial charge in [-0.2, -0.15) is 0 Å². The first-order chi connectivity index (χ1) is 8.63. The van der Waals surface area contributed by atoms with E-state index in [1.807, 2.05) is 18.2 Å². The van der Waals surface area contributed by atoms with Gasteiger partial charge in [-0.1, -0.05) is 30.3 Å². The number of carboxylic acid groups (broad SMARTS) is 1. The van der Waals surface area contributed by atoms with Gasteiger partial charge in [-0.3, -0.25) is 4.79 Å². The molecule has 1 atom stereocenters. The van der Waals surface area contributed by atoms with Crippen LogP contribution in [0.25, 0.3) is 0 Å². The molecule has 0 saturated heterocycles. The second kappa shape index (κ2) is 7.55. The van der Waals surface area contributed by atoms with Crippen LogP contribution in [-0.4, -0.2) is 29.7 Å². The Morgan fingerprint density at radius 1 is 1.28 bits per heavy atom. The molecule has 0 saturated carbocycles. The van der Waals surface area contributed by atoms with E-state index < -0.39 is 18.2 Å². The summed E-state index contributed by atoms with van der Waals surface area (Å²) >= 11 is 5.73. The van der Waals surface area contributed by atoms with Gasteiger partial charge in [0.25, 0.3) is 0 Å². The van der Waals surface area contributed by atoms with Crippen LogP contribution in [0.1, 0.15) is 18.1 Å². The van der Waals surface area contributed by atoms with Crippen molar-refractivity contribution in [2.24, 2.45) is 0 Å². The number of esters is 1. The number of hydrogen-bond donors (Lipinski definition) is 1. The van der Waals surface area contributed by atoms with E-state index >= 15 is 0 Å². The molecule has 0 fully saturated rings. The maximum absolute atomic E-state index is 11.4. The number of hydrogen-bond acceptors (Lipinski definition) is 4. The Bertz CT molecular complexity index is 393. The van der Waals surface area contributed by atoms with Crippen molar-refractivity contribution >= 4 is 23.7 Å². The van der Waals surface area contributed by atoms with Crippen molar-refractivity contribution in [3.63, 3.8) is 0 Å². The Hall–Kier alpha value is -1.75. The van der Waals surface area contributed by atoms with Crippen LogP contribution in [0, 0.1) is 0 Å². The number of ether oxygens (including phenoxy) is 2. The van der Waals surface area contributed by atoms with Crippen molar-refractivity contribution < 1.29 is 24.2 Å². The molecule has 0 aliphatic rings. The molecule has 1 unspecified atom stereocenters. The van der Waals surface area contributed by atoms with E-state index in [-0.39, 0.29) is 18.9 Å². The molecule has 0 bridgehead atoms. The minimum Gasteiger partial charge on any atom is -0.456 e. The standard InChI is InChI=1S/C12H13ClO5/c13-8-10(9-4-2-1-3-5-9)18-11(14)6-7-17-12(15)16/h1-5,10H,6-8H2,(H,15,16).